The molecule has 0 spiro atoms. The fourth-order valence-electron chi connectivity index (χ4n) is 2.72. The average Bonchev–Trinajstić information content (AvgIpc) is 2.45. The SMILES string of the molecule is CC1(C(=O)O)CCCN(CCCOc2ccc(Cl)cc2)C1. The Labute approximate surface area is 130 Å². The summed E-state index contributed by atoms with van der Waals surface area (Å²) in [6, 6.07) is 7.31. The van der Waals surface area contributed by atoms with Gasteiger partial charge in [0.15, 0.2) is 0 Å². The Morgan fingerprint density at radius 1 is 1.43 bits per heavy atom. The van der Waals surface area contributed by atoms with Crippen molar-refractivity contribution >= 4 is 17.6 Å². The molecule has 0 radical (unpaired) electrons. The molecule has 0 amide bonds. The molecule has 1 heterocycles. The van der Waals surface area contributed by atoms with Crippen LogP contribution in [0.5, 0.6) is 5.75 Å². The average molecular weight is 312 g/mol. The van der Waals surface area contributed by atoms with Crippen LogP contribution in [0.25, 0.3) is 0 Å². The smallest absolute Gasteiger partial charge is 0.310 e. The highest BCUT2D eigenvalue weighted by molar-refractivity contribution is 6.30. The van der Waals surface area contributed by atoms with Crippen LogP contribution in [0.2, 0.25) is 5.02 Å². The second-order valence-electron chi connectivity index (χ2n) is 5.90. The van der Waals surface area contributed by atoms with E-state index < -0.39 is 11.4 Å². The highest BCUT2D eigenvalue weighted by atomic mass is 35.5. The van der Waals surface area contributed by atoms with Crippen LogP contribution in [-0.2, 0) is 4.79 Å². The summed E-state index contributed by atoms with van der Waals surface area (Å²) in [4.78, 5) is 13.5. The van der Waals surface area contributed by atoms with E-state index in [0.29, 0.717) is 18.2 Å². The van der Waals surface area contributed by atoms with Crippen LogP contribution in [0.1, 0.15) is 26.2 Å². The van der Waals surface area contributed by atoms with Gasteiger partial charge in [-0.25, -0.2) is 0 Å². The maximum absolute atomic E-state index is 11.3. The van der Waals surface area contributed by atoms with Crippen LogP contribution in [-0.4, -0.2) is 42.2 Å². The van der Waals surface area contributed by atoms with Gasteiger partial charge in [-0.1, -0.05) is 11.6 Å². The van der Waals surface area contributed by atoms with E-state index in [1.165, 1.54) is 0 Å². The number of carbonyl (C=O) groups is 1. The van der Waals surface area contributed by atoms with Gasteiger partial charge in [-0.2, -0.15) is 0 Å². The quantitative estimate of drug-likeness (QED) is 0.819. The van der Waals surface area contributed by atoms with E-state index in [4.69, 9.17) is 16.3 Å². The van der Waals surface area contributed by atoms with Gasteiger partial charge in [0.1, 0.15) is 5.75 Å². The number of ether oxygens (including phenoxy) is 1. The molecule has 5 heteroatoms. The summed E-state index contributed by atoms with van der Waals surface area (Å²) >= 11 is 5.82. The van der Waals surface area contributed by atoms with Crippen molar-refractivity contribution in [1.29, 1.82) is 0 Å². The maximum Gasteiger partial charge on any atom is 0.310 e. The third kappa shape index (κ3) is 4.61. The monoisotopic (exact) mass is 311 g/mol. The predicted molar refractivity (Wildman–Crippen MR) is 83.0 cm³/mol. The van der Waals surface area contributed by atoms with E-state index >= 15 is 0 Å². The lowest BCUT2D eigenvalue weighted by Gasteiger charge is -2.37. The number of aliphatic carboxylic acids is 1. The van der Waals surface area contributed by atoms with Gasteiger partial charge >= 0.3 is 5.97 Å². The first kappa shape index (κ1) is 16.1. The molecule has 0 aliphatic carbocycles. The summed E-state index contributed by atoms with van der Waals surface area (Å²) in [7, 11) is 0. The topological polar surface area (TPSA) is 49.8 Å². The van der Waals surface area contributed by atoms with Gasteiger partial charge in [-0.3, -0.25) is 4.79 Å². The van der Waals surface area contributed by atoms with Crippen molar-refractivity contribution in [3.05, 3.63) is 29.3 Å². The van der Waals surface area contributed by atoms with Crippen molar-refractivity contribution in [2.45, 2.75) is 26.2 Å². The van der Waals surface area contributed by atoms with E-state index in [2.05, 4.69) is 4.90 Å². The lowest BCUT2D eigenvalue weighted by Crippen LogP contribution is -2.46. The van der Waals surface area contributed by atoms with E-state index in [1.807, 2.05) is 19.1 Å². The number of halogens is 1. The van der Waals surface area contributed by atoms with Gasteiger partial charge in [0, 0.05) is 18.1 Å². The van der Waals surface area contributed by atoms with Gasteiger partial charge in [0.2, 0.25) is 0 Å². The molecule has 116 valence electrons. The molecule has 1 unspecified atom stereocenters. The molecule has 4 nitrogen and oxygen atoms in total. The third-order valence-corrected chi connectivity index (χ3v) is 4.24. The molecule has 2 rings (SSSR count). The zero-order valence-electron chi connectivity index (χ0n) is 12.3. The predicted octanol–water partition coefficient (Wildman–Crippen LogP) is 3.30. The zero-order valence-corrected chi connectivity index (χ0v) is 13.1. The molecule has 0 aromatic heterocycles. The lowest BCUT2D eigenvalue weighted by atomic mass is 9.82. The van der Waals surface area contributed by atoms with Crippen molar-refractivity contribution in [3.8, 4) is 5.75 Å². The molecule has 1 aromatic rings. The van der Waals surface area contributed by atoms with Crippen molar-refractivity contribution in [3.63, 3.8) is 0 Å². The number of piperidine rings is 1. The molecule has 1 aliphatic heterocycles. The molecule has 1 N–H and O–H groups in total. The Hall–Kier alpha value is -1.26. The Balaban J connectivity index is 1.71. The van der Waals surface area contributed by atoms with Crippen molar-refractivity contribution in [2.75, 3.05) is 26.2 Å². The number of hydrogen-bond acceptors (Lipinski definition) is 3. The molecule has 1 saturated heterocycles. The summed E-state index contributed by atoms with van der Waals surface area (Å²) in [5.41, 5.74) is -0.602. The first-order valence-corrected chi connectivity index (χ1v) is 7.71. The molecule has 0 bridgehead atoms. The summed E-state index contributed by atoms with van der Waals surface area (Å²) in [5.74, 6) is 0.123. The highest BCUT2D eigenvalue weighted by Gasteiger charge is 2.37. The lowest BCUT2D eigenvalue weighted by molar-refractivity contribution is -0.151. The number of carboxylic acids is 1. The first-order valence-electron chi connectivity index (χ1n) is 7.34. The Kier molecular flexibility index (Phi) is 5.48. The van der Waals surface area contributed by atoms with E-state index in [9.17, 15) is 9.90 Å². The number of likely N-dealkylation sites (tertiary alicyclic amines) is 1. The molecule has 1 aliphatic rings. The maximum atomic E-state index is 11.3. The third-order valence-electron chi connectivity index (χ3n) is 3.99. The van der Waals surface area contributed by atoms with Crippen molar-refractivity contribution < 1.29 is 14.6 Å². The fourth-order valence-corrected chi connectivity index (χ4v) is 2.84. The second-order valence-corrected chi connectivity index (χ2v) is 6.34. The normalized spacial score (nSPS) is 23.0. The van der Waals surface area contributed by atoms with Gasteiger partial charge in [0.25, 0.3) is 0 Å². The molecule has 0 saturated carbocycles. The highest BCUT2D eigenvalue weighted by Crippen LogP contribution is 2.29. The minimum Gasteiger partial charge on any atom is -0.494 e. The van der Waals surface area contributed by atoms with E-state index in [-0.39, 0.29) is 0 Å². The van der Waals surface area contributed by atoms with Crippen LogP contribution < -0.4 is 4.74 Å². The summed E-state index contributed by atoms with van der Waals surface area (Å²) in [6.07, 6.45) is 2.60. The number of benzene rings is 1. The van der Waals surface area contributed by atoms with Crippen molar-refractivity contribution in [2.24, 2.45) is 5.41 Å². The molecular weight excluding hydrogens is 290 g/mol. The summed E-state index contributed by atoms with van der Waals surface area (Å²) in [5, 5.41) is 9.99. The number of nitrogens with zero attached hydrogens (tertiary/aromatic N) is 1. The molecule has 1 fully saturated rings. The zero-order chi connectivity index (χ0) is 15.3. The fraction of sp³-hybridized carbons (Fsp3) is 0.562. The van der Waals surface area contributed by atoms with Crippen LogP contribution >= 0.6 is 11.6 Å². The largest absolute Gasteiger partial charge is 0.494 e. The Morgan fingerprint density at radius 3 is 2.81 bits per heavy atom. The van der Waals surface area contributed by atoms with Gasteiger partial charge in [0.05, 0.1) is 12.0 Å². The van der Waals surface area contributed by atoms with E-state index in [0.717, 1.165) is 38.1 Å². The molecule has 1 aromatic carbocycles. The van der Waals surface area contributed by atoms with Crippen LogP contribution in [0.15, 0.2) is 24.3 Å². The van der Waals surface area contributed by atoms with Gasteiger partial charge in [-0.15, -0.1) is 0 Å². The number of hydrogen-bond donors (Lipinski definition) is 1. The minimum absolute atomic E-state index is 0.602. The summed E-state index contributed by atoms with van der Waals surface area (Å²) in [6.45, 7) is 4.94. The molecular formula is C16H22ClNO3. The number of rotatable bonds is 6. The molecule has 21 heavy (non-hydrogen) atoms. The van der Waals surface area contributed by atoms with Crippen LogP contribution in [0.4, 0.5) is 0 Å². The Morgan fingerprint density at radius 2 is 2.14 bits per heavy atom. The molecule has 1 atom stereocenters. The number of carboxylic acid groups (broad SMARTS) is 1. The van der Waals surface area contributed by atoms with Crippen LogP contribution in [0.3, 0.4) is 0 Å². The standard InChI is InChI=1S/C16H22ClNO3/c1-16(15(19)20)8-2-9-18(12-16)10-3-11-21-14-6-4-13(17)5-7-14/h4-7H,2-3,8-12H2,1H3,(H,19,20). The van der Waals surface area contributed by atoms with Crippen molar-refractivity contribution in [1.82, 2.24) is 4.90 Å². The summed E-state index contributed by atoms with van der Waals surface area (Å²) < 4.78 is 5.65. The van der Waals surface area contributed by atoms with Crippen LogP contribution in [0, 0.1) is 5.41 Å². The van der Waals surface area contributed by atoms with Gasteiger partial charge in [-0.05, 0) is 57.0 Å². The Bertz CT molecular complexity index is 477. The first-order chi connectivity index (χ1) is 9.99. The second kappa shape index (κ2) is 7.14. The van der Waals surface area contributed by atoms with E-state index in [1.54, 1.807) is 12.1 Å². The minimum atomic E-state index is -0.690. The van der Waals surface area contributed by atoms with Gasteiger partial charge < -0.3 is 14.7 Å².